The van der Waals surface area contributed by atoms with E-state index in [0.717, 1.165) is 0 Å². The molecule has 0 fully saturated rings. The molecule has 30 heavy (non-hydrogen) atoms. The van der Waals surface area contributed by atoms with Crippen molar-refractivity contribution in [3.8, 4) is 23.1 Å². The average molecular weight is 404 g/mol. The Morgan fingerprint density at radius 3 is 2.57 bits per heavy atom. The summed E-state index contributed by atoms with van der Waals surface area (Å²) in [5.74, 6) is 1.33. The van der Waals surface area contributed by atoms with E-state index in [1.165, 1.54) is 18.4 Å². The monoisotopic (exact) mass is 404 g/mol. The van der Waals surface area contributed by atoms with Crippen LogP contribution < -0.4 is 10.5 Å². The summed E-state index contributed by atoms with van der Waals surface area (Å²) in [4.78, 5) is 13.7. The third-order valence-corrected chi connectivity index (χ3v) is 4.02. The molecule has 0 aliphatic heterocycles. The molecule has 0 unspecified atom stereocenters. The summed E-state index contributed by atoms with van der Waals surface area (Å²) in [6.45, 7) is 0.0635. The molecule has 0 atom stereocenters. The highest BCUT2D eigenvalue weighted by atomic mass is 19.1. The summed E-state index contributed by atoms with van der Waals surface area (Å²) in [5, 5.41) is 3.88. The van der Waals surface area contributed by atoms with Crippen LogP contribution in [0.5, 0.6) is 11.6 Å². The lowest BCUT2D eigenvalue weighted by Crippen LogP contribution is -2.14. The number of oxime groups is 1. The normalized spacial score (nSPS) is 11.3. The van der Waals surface area contributed by atoms with Gasteiger partial charge in [0.05, 0.1) is 0 Å². The first-order valence-electron chi connectivity index (χ1n) is 9.02. The number of hydrogen-bond acceptors (Lipinski definition) is 6. The number of rotatable bonds is 7. The number of nitrogens with two attached hydrogens (primary N) is 1. The van der Waals surface area contributed by atoms with Crippen LogP contribution >= 0.6 is 0 Å². The minimum absolute atomic E-state index is 0.0635. The Labute approximate surface area is 171 Å². The topological polar surface area (TPSA) is 95.8 Å². The van der Waals surface area contributed by atoms with Gasteiger partial charge in [-0.05, 0) is 42.5 Å². The Morgan fingerprint density at radius 2 is 1.83 bits per heavy atom. The van der Waals surface area contributed by atoms with E-state index < -0.39 is 0 Å². The summed E-state index contributed by atoms with van der Waals surface area (Å²) in [6, 6.07) is 18.6. The van der Waals surface area contributed by atoms with E-state index in [1.807, 2.05) is 30.3 Å². The summed E-state index contributed by atoms with van der Waals surface area (Å²) in [5.41, 5.74) is 7.71. The molecule has 2 aromatic heterocycles. The molecule has 2 aromatic carbocycles. The maximum Gasteiger partial charge on any atom is 0.226 e. The van der Waals surface area contributed by atoms with Gasteiger partial charge in [-0.3, -0.25) is 0 Å². The van der Waals surface area contributed by atoms with E-state index in [-0.39, 0.29) is 18.3 Å². The van der Waals surface area contributed by atoms with Gasteiger partial charge < -0.3 is 19.7 Å². The molecule has 0 bridgehead atoms. The molecule has 150 valence electrons. The molecular formula is C22H17FN4O3. The molecule has 7 nitrogen and oxygen atoms in total. The maximum absolute atomic E-state index is 13.0. The molecule has 0 aliphatic rings. The highest BCUT2D eigenvalue weighted by Gasteiger charge is 2.08. The van der Waals surface area contributed by atoms with Crippen LogP contribution in [0.25, 0.3) is 11.5 Å². The molecule has 0 radical (unpaired) electrons. The molecule has 2 N–H and O–H groups in total. The molecule has 0 spiro atoms. The van der Waals surface area contributed by atoms with Crippen molar-refractivity contribution in [3.63, 3.8) is 0 Å². The van der Waals surface area contributed by atoms with E-state index in [0.29, 0.717) is 34.3 Å². The fourth-order valence-corrected chi connectivity index (χ4v) is 2.52. The second-order valence-electron chi connectivity index (χ2n) is 6.20. The number of para-hydroxylation sites is 1. The largest absolute Gasteiger partial charge is 0.444 e. The van der Waals surface area contributed by atoms with Gasteiger partial charge in [0.25, 0.3) is 0 Å². The Balaban J connectivity index is 1.33. The lowest BCUT2D eigenvalue weighted by molar-refractivity contribution is 0.127. The number of halogens is 1. The van der Waals surface area contributed by atoms with Gasteiger partial charge in [-0.15, -0.1) is 0 Å². The SMILES string of the molecule is N/C(=N/OCc1coc(-c2ccc(F)cc2)n1)c1ccc(Oc2ccccc2)nc1. The van der Waals surface area contributed by atoms with E-state index in [4.69, 9.17) is 19.7 Å². The van der Waals surface area contributed by atoms with Gasteiger partial charge >= 0.3 is 0 Å². The first kappa shape index (κ1) is 19.1. The van der Waals surface area contributed by atoms with Crippen molar-refractivity contribution in [2.24, 2.45) is 10.9 Å². The lowest BCUT2D eigenvalue weighted by atomic mass is 10.2. The van der Waals surface area contributed by atoms with E-state index in [9.17, 15) is 4.39 Å². The van der Waals surface area contributed by atoms with Crippen molar-refractivity contribution in [2.45, 2.75) is 6.61 Å². The van der Waals surface area contributed by atoms with Gasteiger partial charge in [-0.1, -0.05) is 23.4 Å². The zero-order valence-electron chi connectivity index (χ0n) is 15.7. The fourth-order valence-electron chi connectivity index (χ4n) is 2.52. The van der Waals surface area contributed by atoms with Crippen molar-refractivity contribution in [2.75, 3.05) is 0 Å². The number of pyridine rings is 1. The molecule has 0 saturated heterocycles. The van der Waals surface area contributed by atoms with Crippen LogP contribution in [0.4, 0.5) is 4.39 Å². The van der Waals surface area contributed by atoms with Crippen LogP contribution in [-0.4, -0.2) is 15.8 Å². The van der Waals surface area contributed by atoms with Gasteiger partial charge in [0.2, 0.25) is 11.8 Å². The maximum atomic E-state index is 13.0. The molecule has 0 aliphatic carbocycles. The number of nitrogens with zero attached hydrogens (tertiary/aromatic N) is 3. The van der Waals surface area contributed by atoms with Gasteiger partial charge in [-0.2, -0.15) is 0 Å². The molecule has 0 amide bonds. The second-order valence-corrected chi connectivity index (χ2v) is 6.20. The molecule has 4 aromatic rings. The Morgan fingerprint density at radius 1 is 1.03 bits per heavy atom. The van der Waals surface area contributed by atoms with Gasteiger partial charge in [0.15, 0.2) is 12.4 Å². The Hall–Kier alpha value is -4.20. The quantitative estimate of drug-likeness (QED) is 0.277. The van der Waals surface area contributed by atoms with Crippen LogP contribution in [0, 0.1) is 5.82 Å². The summed E-state index contributed by atoms with van der Waals surface area (Å²) in [7, 11) is 0. The average Bonchev–Trinajstić information content (AvgIpc) is 3.24. The number of hydrogen-bond donors (Lipinski definition) is 1. The van der Waals surface area contributed by atoms with Crippen LogP contribution in [0.2, 0.25) is 0 Å². The zero-order valence-corrected chi connectivity index (χ0v) is 15.7. The van der Waals surface area contributed by atoms with Crippen molar-refractivity contribution < 1.29 is 18.4 Å². The predicted molar refractivity (Wildman–Crippen MR) is 108 cm³/mol. The summed E-state index contributed by atoms with van der Waals surface area (Å²) < 4.78 is 24.0. The highest BCUT2D eigenvalue weighted by Crippen LogP contribution is 2.20. The zero-order chi connectivity index (χ0) is 20.8. The first-order chi connectivity index (χ1) is 14.7. The molecule has 4 rings (SSSR count). The number of aromatic nitrogens is 2. The summed E-state index contributed by atoms with van der Waals surface area (Å²) in [6.07, 6.45) is 2.99. The molecule has 8 heteroatoms. The lowest BCUT2D eigenvalue weighted by Gasteiger charge is -2.05. The number of amidine groups is 1. The highest BCUT2D eigenvalue weighted by molar-refractivity contribution is 5.96. The Kier molecular flexibility index (Phi) is 5.66. The van der Waals surface area contributed by atoms with Crippen LogP contribution in [-0.2, 0) is 11.4 Å². The van der Waals surface area contributed by atoms with Crippen molar-refractivity contribution in [3.05, 3.63) is 96.3 Å². The minimum atomic E-state index is -0.326. The van der Waals surface area contributed by atoms with E-state index in [2.05, 4.69) is 15.1 Å². The van der Waals surface area contributed by atoms with Gasteiger partial charge in [0.1, 0.15) is 23.5 Å². The number of ether oxygens (including phenoxy) is 1. The van der Waals surface area contributed by atoms with E-state index >= 15 is 0 Å². The standard InChI is InChI=1S/C22H17FN4O3/c23-17-9-6-15(7-10-17)22-26-18(13-28-22)14-29-27-21(24)16-8-11-20(25-12-16)30-19-4-2-1-3-5-19/h1-13H,14H2,(H2,24,27). The van der Waals surface area contributed by atoms with Crippen LogP contribution in [0.3, 0.4) is 0 Å². The van der Waals surface area contributed by atoms with Gasteiger partial charge in [0, 0.05) is 23.4 Å². The van der Waals surface area contributed by atoms with Gasteiger partial charge in [-0.25, -0.2) is 14.4 Å². The molecular weight excluding hydrogens is 387 g/mol. The van der Waals surface area contributed by atoms with Crippen molar-refractivity contribution in [1.29, 1.82) is 0 Å². The fraction of sp³-hybridized carbons (Fsp3) is 0.0455. The minimum Gasteiger partial charge on any atom is -0.444 e. The summed E-state index contributed by atoms with van der Waals surface area (Å²) >= 11 is 0. The smallest absolute Gasteiger partial charge is 0.226 e. The molecule has 0 saturated carbocycles. The molecule has 2 heterocycles. The van der Waals surface area contributed by atoms with Crippen LogP contribution in [0.15, 0.2) is 88.8 Å². The Bertz CT molecular complexity index is 1130. The third-order valence-electron chi connectivity index (χ3n) is 4.02. The van der Waals surface area contributed by atoms with Crippen LogP contribution in [0.1, 0.15) is 11.3 Å². The second kappa shape index (κ2) is 8.87. The number of benzene rings is 2. The number of oxazole rings is 1. The van der Waals surface area contributed by atoms with Crippen molar-refractivity contribution in [1.82, 2.24) is 9.97 Å². The third kappa shape index (κ3) is 4.79. The van der Waals surface area contributed by atoms with Crippen molar-refractivity contribution >= 4 is 5.84 Å². The predicted octanol–water partition coefficient (Wildman–Crippen LogP) is 4.51. The first-order valence-corrected chi connectivity index (χ1v) is 9.02. The van der Waals surface area contributed by atoms with E-state index in [1.54, 1.807) is 30.5 Å².